The van der Waals surface area contributed by atoms with Gasteiger partial charge in [-0.2, -0.15) is 4.37 Å². The zero-order valence-electron chi connectivity index (χ0n) is 8.15. The Hall–Kier alpha value is -1.22. The van der Waals surface area contributed by atoms with E-state index in [1.807, 2.05) is 38.2 Å². The Labute approximate surface area is 86.7 Å². The average Bonchev–Trinajstić information content (AvgIpc) is 2.62. The van der Waals surface area contributed by atoms with Crippen molar-refractivity contribution in [1.29, 1.82) is 0 Å². The van der Waals surface area contributed by atoms with Crippen molar-refractivity contribution in [3.05, 3.63) is 30.0 Å². The van der Waals surface area contributed by atoms with Gasteiger partial charge in [-0.25, -0.2) is 0 Å². The Bertz CT molecular complexity index is 473. The fourth-order valence-electron chi connectivity index (χ4n) is 1.35. The Balaban J connectivity index is 2.48. The quantitative estimate of drug-likeness (QED) is 0.705. The van der Waals surface area contributed by atoms with Gasteiger partial charge in [0.25, 0.3) is 0 Å². The van der Waals surface area contributed by atoms with Crippen LogP contribution in [0.4, 0.5) is 0 Å². The molecular formula is C11H11NOS. The van der Waals surface area contributed by atoms with Crippen molar-refractivity contribution in [2.75, 3.05) is 0 Å². The molecule has 0 aliphatic carbocycles. The number of nitrogens with zero attached hydrogens (tertiary/aromatic N) is 1. The molecular weight excluding hydrogens is 194 g/mol. The number of rotatable bonds is 2. The van der Waals surface area contributed by atoms with Gasteiger partial charge in [0.1, 0.15) is 0 Å². The SMILES string of the molecule is CC(C)C(=O)c1ccc2cnsc2c1. The molecule has 2 nitrogen and oxygen atoms in total. The number of hydrogen-bond acceptors (Lipinski definition) is 3. The Morgan fingerprint density at radius 2 is 2.21 bits per heavy atom. The zero-order chi connectivity index (χ0) is 10.1. The lowest BCUT2D eigenvalue weighted by atomic mass is 10.0. The summed E-state index contributed by atoms with van der Waals surface area (Å²) in [6.07, 6.45) is 1.82. The molecule has 0 unspecified atom stereocenters. The van der Waals surface area contributed by atoms with Gasteiger partial charge in [0, 0.05) is 23.1 Å². The minimum Gasteiger partial charge on any atom is -0.294 e. The highest BCUT2D eigenvalue weighted by molar-refractivity contribution is 7.13. The molecule has 0 N–H and O–H groups in total. The Morgan fingerprint density at radius 1 is 1.43 bits per heavy atom. The smallest absolute Gasteiger partial charge is 0.165 e. The van der Waals surface area contributed by atoms with E-state index in [4.69, 9.17) is 0 Å². The highest BCUT2D eigenvalue weighted by atomic mass is 32.1. The zero-order valence-corrected chi connectivity index (χ0v) is 8.97. The maximum Gasteiger partial charge on any atom is 0.165 e. The van der Waals surface area contributed by atoms with Crippen LogP contribution in [0.3, 0.4) is 0 Å². The second-order valence-corrected chi connectivity index (χ2v) is 4.43. The predicted molar refractivity (Wildman–Crippen MR) is 58.8 cm³/mol. The number of hydrogen-bond donors (Lipinski definition) is 0. The molecule has 72 valence electrons. The monoisotopic (exact) mass is 205 g/mol. The summed E-state index contributed by atoms with van der Waals surface area (Å²) < 4.78 is 5.16. The van der Waals surface area contributed by atoms with E-state index in [9.17, 15) is 4.79 Å². The first-order valence-corrected chi connectivity index (χ1v) is 5.34. The van der Waals surface area contributed by atoms with Gasteiger partial charge in [-0.3, -0.25) is 4.79 Å². The summed E-state index contributed by atoms with van der Waals surface area (Å²) in [5, 5.41) is 1.11. The molecule has 0 amide bonds. The summed E-state index contributed by atoms with van der Waals surface area (Å²) in [6, 6.07) is 5.75. The van der Waals surface area contributed by atoms with Crippen LogP contribution in [0.5, 0.6) is 0 Å². The first-order valence-electron chi connectivity index (χ1n) is 4.57. The molecule has 0 fully saturated rings. The molecule has 2 rings (SSSR count). The number of fused-ring (bicyclic) bond motifs is 1. The first-order chi connectivity index (χ1) is 6.68. The van der Waals surface area contributed by atoms with E-state index in [1.165, 1.54) is 11.5 Å². The molecule has 0 aliphatic heterocycles. The summed E-state index contributed by atoms with van der Waals surface area (Å²) in [5.74, 6) is 0.251. The van der Waals surface area contributed by atoms with Crippen LogP contribution in [0, 0.1) is 5.92 Å². The summed E-state index contributed by atoms with van der Waals surface area (Å²) in [4.78, 5) is 11.7. The third-order valence-corrected chi connectivity index (χ3v) is 2.93. The Morgan fingerprint density at radius 3 is 2.93 bits per heavy atom. The molecule has 14 heavy (non-hydrogen) atoms. The number of carbonyl (C=O) groups is 1. The first kappa shape index (κ1) is 9.34. The molecule has 2 aromatic rings. The fraction of sp³-hybridized carbons (Fsp3) is 0.273. The topological polar surface area (TPSA) is 30.0 Å². The molecule has 0 atom stereocenters. The minimum atomic E-state index is 0.0559. The van der Waals surface area contributed by atoms with E-state index in [1.54, 1.807) is 0 Å². The molecule has 1 aromatic carbocycles. The lowest BCUT2D eigenvalue weighted by Gasteiger charge is -2.03. The normalized spacial score (nSPS) is 11.1. The van der Waals surface area contributed by atoms with E-state index < -0.39 is 0 Å². The summed E-state index contributed by atoms with van der Waals surface area (Å²) in [7, 11) is 0. The van der Waals surface area contributed by atoms with Crippen LogP contribution in [0.2, 0.25) is 0 Å². The van der Waals surface area contributed by atoms with E-state index in [2.05, 4.69) is 4.37 Å². The fourth-order valence-corrected chi connectivity index (χ4v) is 2.03. The van der Waals surface area contributed by atoms with Gasteiger partial charge in [0.05, 0.1) is 4.70 Å². The van der Waals surface area contributed by atoms with Crippen molar-refractivity contribution in [1.82, 2.24) is 4.37 Å². The standard InChI is InChI=1S/C11H11NOS/c1-7(2)11(13)8-3-4-9-6-12-14-10(9)5-8/h3-7H,1-2H3. The van der Waals surface area contributed by atoms with E-state index in [0.29, 0.717) is 0 Å². The second kappa shape index (κ2) is 3.50. The summed E-state index contributed by atoms with van der Waals surface area (Å²) in [6.45, 7) is 3.83. The lowest BCUT2D eigenvalue weighted by molar-refractivity contribution is 0.0939. The number of ketones is 1. The van der Waals surface area contributed by atoms with Crippen LogP contribution in [-0.2, 0) is 0 Å². The third kappa shape index (κ3) is 1.55. The van der Waals surface area contributed by atoms with Crippen LogP contribution in [-0.4, -0.2) is 10.2 Å². The molecule has 0 spiro atoms. The number of aromatic nitrogens is 1. The minimum absolute atomic E-state index is 0.0559. The number of carbonyl (C=O) groups excluding carboxylic acids is 1. The van der Waals surface area contributed by atoms with E-state index in [-0.39, 0.29) is 11.7 Å². The molecule has 1 heterocycles. The molecule has 0 bridgehead atoms. The highest BCUT2D eigenvalue weighted by Crippen LogP contribution is 2.20. The van der Waals surface area contributed by atoms with Crippen molar-refractivity contribution in [2.24, 2.45) is 5.92 Å². The maximum atomic E-state index is 11.7. The van der Waals surface area contributed by atoms with E-state index in [0.717, 1.165) is 15.6 Å². The van der Waals surface area contributed by atoms with Crippen LogP contribution in [0.1, 0.15) is 24.2 Å². The molecule has 0 radical (unpaired) electrons. The number of benzene rings is 1. The summed E-state index contributed by atoms with van der Waals surface area (Å²) in [5.41, 5.74) is 0.789. The predicted octanol–water partition coefficient (Wildman–Crippen LogP) is 3.14. The van der Waals surface area contributed by atoms with Gasteiger partial charge < -0.3 is 0 Å². The van der Waals surface area contributed by atoms with Gasteiger partial charge in [0.15, 0.2) is 5.78 Å². The summed E-state index contributed by atoms with van der Waals surface area (Å²) >= 11 is 1.43. The lowest BCUT2D eigenvalue weighted by Crippen LogP contribution is -2.06. The van der Waals surface area contributed by atoms with Crippen molar-refractivity contribution in [3.63, 3.8) is 0 Å². The van der Waals surface area contributed by atoms with Crippen molar-refractivity contribution in [2.45, 2.75) is 13.8 Å². The van der Waals surface area contributed by atoms with Crippen LogP contribution in [0.25, 0.3) is 10.1 Å². The van der Waals surface area contributed by atoms with Gasteiger partial charge in [-0.05, 0) is 17.6 Å². The van der Waals surface area contributed by atoms with Crippen molar-refractivity contribution in [3.8, 4) is 0 Å². The second-order valence-electron chi connectivity index (χ2n) is 3.60. The molecule has 0 saturated heterocycles. The maximum absolute atomic E-state index is 11.7. The van der Waals surface area contributed by atoms with E-state index >= 15 is 0 Å². The molecule has 0 aliphatic rings. The third-order valence-electron chi connectivity index (χ3n) is 2.17. The van der Waals surface area contributed by atoms with Crippen molar-refractivity contribution < 1.29 is 4.79 Å². The average molecular weight is 205 g/mol. The Kier molecular flexibility index (Phi) is 2.33. The van der Waals surface area contributed by atoms with Crippen LogP contribution in [0.15, 0.2) is 24.4 Å². The van der Waals surface area contributed by atoms with Gasteiger partial charge in [-0.1, -0.05) is 26.0 Å². The molecule has 1 aromatic heterocycles. The van der Waals surface area contributed by atoms with Crippen LogP contribution >= 0.6 is 11.5 Å². The van der Waals surface area contributed by atoms with Gasteiger partial charge in [0.2, 0.25) is 0 Å². The largest absolute Gasteiger partial charge is 0.294 e. The molecule has 3 heteroatoms. The van der Waals surface area contributed by atoms with Gasteiger partial charge in [-0.15, -0.1) is 0 Å². The highest BCUT2D eigenvalue weighted by Gasteiger charge is 2.10. The number of Topliss-reactive ketones (excluding diaryl/α,β-unsaturated/α-hetero) is 1. The van der Waals surface area contributed by atoms with Crippen molar-refractivity contribution >= 4 is 27.4 Å². The van der Waals surface area contributed by atoms with Crippen LogP contribution < -0.4 is 0 Å². The molecule has 0 saturated carbocycles. The van der Waals surface area contributed by atoms with Gasteiger partial charge >= 0.3 is 0 Å².